The van der Waals surface area contributed by atoms with Gasteiger partial charge >= 0.3 is 5.97 Å². The third-order valence-electron chi connectivity index (χ3n) is 5.59. The average molecular weight is 522 g/mol. The highest BCUT2D eigenvalue weighted by Gasteiger charge is 2.45. The minimum Gasteiger partial charge on any atom is -0.467 e. The van der Waals surface area contributed by atoms with Crippen molar-refractivity contribution in [3.63, 3.8) is 0 Å². The molecule has 2 N–H and O–H groups in total. The van der Waals surface area contributed by atoms with E-state index in [2.05, 4.69) is 15.4 Å². The molecule has 0 radical (unpaired) electrons. The summed E-state index contributed by atoms with van der Waals surface area (Å²) in [6.07, 6.45) is 0.169. The number of rotatable bonds is 16. The molecule has 1 aromatic rings. The first-order chi connectivity index (χ1) is 17.9. The molecule has 1 fully saturated rings. The van der Waals surface area contributed by atoms with Gasteiger partial charge in [0.2, 0.25) is 11.8 Å². The lowest BCUT2D eigenvalue weighted by atomic mass is 10.0. The maximum Gasteiger partial charge on any atom is 0.331 e. The molecule has 13 heteroatoms. The van der Waals surface area contributed by atoms with Gasteiger partial charge in [-0.2, -0.15) is 0 Å². The van der Waals surface area contributed by atoms with E-state index in [0.29, 0.717) is 51.9 Å². The SMILES string of the molecule is COC(=O)COCCOCCOCCOCCNc1cccc2c1C(=O)N(C1CCC(=O)NC1=O)C2=O. The second-order valence-electron chi connectivity index (χ2n) is 8.07. The number of nitrogens with one attached hydrogen (secondary N) is 2. The molecule has 0 spiro atoms. The van der Waals surface area contributed by atoms with E-state index >= 15 is 0 Å². The molecular formula is C24H31N3O10. The Balaban J connectivity index is 1.31. The van der Waals surface area contributed by atoms with Crippen molar-refractivity contribution in [2.45, 2.75) is 18.9 Å². The zero-order chi connectivity index (χ0) is 26.6. The van der Waals surface area contributed by atoms with E-state index in [4.69, 9.17) is 18.9 Å². The van der Waals surface area contributed by atoms with E-state index in [1.165, 1.54) is 7.11 Å². The first kappa shape index (κ1) is 28.2. The van der Waals surface area contributed by atoms with Gasteiger partial charge in [-0.25, -0.2) is 4.79 Å². The van der Waals surface area contributed by atoms with Gasteiger partial charge in [-0.3, -0.25) is 29.4 Å². The fourth-order valence-electron chi connectivity index (χ4n) is 3.79. The zero-order valence-corrected chi connectivity index (χ0v) is 20.6. The summed E-state index contributed by atoms with van der Waals surface area (Å²) in [5, 5.41) is 5.28. The standard InChI is InChI=1S/C24H31N3O10/c1-33-20(29)15-37-14-13-36-12-11-35-10-9-34-8-7-25-17-4-2-3-16-21(17)24(32)27(23(16)31)18-5-6-19(28)26-22(18)30/h2-4,18,25H,5-15H2,1H3,(H,26,28,30). The highest BCUT2D eigenvalue weighted by Crippen LogP contribution is 2.32. The van der Waals surface area contributed by atoms with Crippen LogP contribution in [-0.4, -0.2) is 107 Å². The lowest BCUT2D eigenvalue weighted by Gasteiger charge is -2.27. The lowest BCUT2D eigenvalue weighted by Crippen LogP contribution is -2.54. The van der Waals surface area contributed by atoms with Crippen LogP contribution in [0.15, 0.2) is 18.2 Å². The largest absolute Gasteiger partial charge is 0.467 e. The molecule has 0 aliphatic carbocycles. The molecule has 0 saturated carbocycles. The first-order valence-electron chi connectivity index (χ1n) is 11.9. The van der Waals surface area contributed by atoms with Gasteiger partial charge in [-0.1, -0.05) is 6.07 Å². The van der Waals surface area contributed by atoms with Gasteiger partial charge in [-0.15, -0.1) is 0 Å². The molecule has 1 unspecified atom stereocenters. The number of imide groups is 2. The number of hydrogen-bond acceptors (Lipinski definition) is 11. The Morgan fingerprint density at radius 3 is 2.24 bits per heavy atom. The third kappa shape index (κ3) is 7.79. The highest BCUT2D eigenvalue weighted by molar-refractivity contribution is 6.25. The molecule has 2 heterocycles. The van der Waals surface area contributed by atoms with Crippen molar-refractivity contribution in [1.29, 1.82) is 0 Å². The Morgan fingerprint density at radius 2 is 1.59 bits per heavy atom. The Morgan fingerprint density at radius 1 is 0.946 bits per heavy atom. The zero-order valence-electron chi connectivity index (χ0n) is 20.6. The number of anilines is 1. The maximum absolute atomic E-state index is 13.0. The van der Waals surface area contributed by atoms with Crippen LogP contribution < -0.4 is 10.6 Å². The van der Waals surface area contributed by atoms with Crippen LogP contribution in [0.2, 0.25) is 0 Å². The van der Waals surface area contributed by atoms with Crippen LogP contribution in [0.3, 0.4) is 0 Å². The van der Waals surface area contributed by atoms with Crippen LogP contribution in [0.5, 0.6) is 0 Å². The van der Waals surface area contributed by atoms with Crippen molar-refractivity contribution >= 4 is 35.3 Å². The topological polar surface area (TPSA) is 159 Å². The van der Waals surface area contributed by atoms with E-state index in [-0.39, 0.29) is 37.2 Å². The fourth-order valence-corrected chi connectivity index (χ4v) is 3.79. The van der Waals surface area contributed by atoms with Crippen molar-refractivity contribution in [2.75, 3.05) is 71.8 Å². The minimum absolute atomic E-state index is 0.0659. The number of nitrogens with zero attached hydrogens (tertiary/aromatic N) is 1. The number of ether oxygens (including phenoxy) is 5. The minimum atomic E-state index is -1.01. The Kier molecular flexibility index (Phi) is 11.0. The summed E-state index contributed by atoms with van der Waals surface area (Å²) in [7, 11) is 1.29. The lowest BCUT2D eigenvalue weighted by molar-refractivity contribution is -0.146. The molecule has 0 aromatic heterocycles. The van der Waals surface area contributed by atoms with Crippen LogP contribution in [0.4, 0.5) is 5.69 Å². The van der Waals surface area contributed by atoms with E-state index in [9.17, 15) is 24.0 Å². The van der Waals surface area contributed by atoms with Crippen LogP contribution in [0, 0.1) is 0 Å². The number of methoxy groups -OCH3 is 1. The van der Waals surface area contributed by atoms with E-state index in [0.717, 1.165) is 4.90 Å². The van der Waals surface area contributed by atoms with Gasteiger partial charge in [0.25, 0.3) is 11.8 Å². The molecule has 3 rings (SSSR count). The van der Waals surface area contributed by atoms with Gasteiger partial charge in [0.15, 0.2) is 0 Å². The van der Waals surface area contributed by atoms with Crippen molar-refractivity contribution in [1.82, 2.24) is 10.2 Å². The third-order valence-corrected chi connectivity index (χ3v) is 5.59. The maximum atomic E-state index is 13.0. The van der Waals surface area contributed by atoms with Crippen LogP contribution in [-0.2, 0) is 38.1 Å². The number of benzene rings is 1. The quantitative estimate of drug-likeness (QED) is 0.168. The summed E-state index contributed by atoms with van der Waals surface area (Å²) in [5.41, 5.74) is 0.890. The molecule has 1 saturated heterocycles. The summed E-state index contributed by atoms with van der Waals surface area (Å²) >= 11 is 0. The first-order valence-corrected chi connectivity index (χ1v) is 11.9. The summed E-state index contributed by atoms with van der Waals surface area (Å²) < 4.78 is 25.7. The molecule has 2 aliphatic rings. The molecule has 4 amide bonds. The Hall–Kier alpha value is -3.39. The number of amides is 4. The second kappa shape index (κ2) is 14.4. The molecule has 2 aliphatic heterocycles. The van der Waals surface area contributed by atoms with Crippen LogP contribution >= 0.6 is 0 Å². The normalized spacial score (nSPS) is 17.1. The summed E-state index contributed by atoms with van der Waals surface area (Å²) in [5.74, 6) is -2.62. The van der Waals surface area contributed by atoms with Gasteiger partial charge < -0.3 is 29.0 Å². The smallest absolute Gasteiger partial charge is 0.331 e. The predicted molar refractivity (Wildman–Crippen MR) is 127 cm³/mol. The number of piperidine rings is 1. The van der Waals surface area contributed by atoms with Crippen molar-refractivity contribution in [2.24, 2.45) is 0 Å². The van der Waals surface area contributed by atoms with Gasteiger partial charge in [0, 0.05) is 18.7 Å². The number of hydrogen-bond donors (Lipinski definition) is 2. The molecule has 13 nitrogen and oxygen atoms in total. The van der Waals surface area contributed by atoms with Crippen molar-refractivity contribution in [3.8, 4) is 0 Å². The van der Waals surface area contributed by atoms with Crippen LogP contribution in [0.25, 0.3) is 0 Å². The average Bonchev–Trinajstić information content (AvgIpc) is 3.14. The summed E-state index contributed by atoms with van der Waals surface area (Å²) in [6.45, 7) is 2.72. The van der Waals surface area contributed by atoms with E-state index in [1.807, 2.05) is 0 Å². The number of carbonyl (C=O) groups excluding carboxylic acids is 5. The predicted octanol–water partition coefficient (Wildman–Crippen LogP) is -0.261. The van der Waals surface area contributed by atoms with Crippen LogP contribution in [0.1, 0.15) is 33.6 Å². The fraction of sp³-hybridized carbons (Fsp3) is 0.542. The number of carbonyl (C=O) groups is 5. The van der Waals surface area contributed by atoms with Crippen molar-refractivity contribution < 1.29 is 47.7 Å². The summed E-state index contributed by atoms with van der Waals surface area (Å²) in [4.78, 5) is 61.3. The molecule has 1 aromatic carbocycles. The highest BCUT2D eigenvalue weighted by atomic mass is 16.6. The molecule has 0 bridgehead atoms. The molecule has 1 atom stereocenters. The van der Waals surface area contributed by atoms with Gasteiger partial charge in [0.1, 0.15) is 12.6 Å². The van der Waals surface area contributed by atoms with Gasteiger partial charge in [0.05, 0.1) is 64.5 Å². The number of fused-ring (bicyclic) bond motifs is 1. The van der Waals surface area contributed by atoms with Gasteiger partial charge in [-0.05, 0) is 18.6 Å². The molecule has 37 heavy (non-hydrogen) atoms. The van der Waals surface area contributed by atoms with Crippen molar-refractivity contribution in [3.05, 3.63) is 29.3 Å². The monoisotopic (exact) mass is 521 g/mol. The Bertz CT molecular complexity index is 999. The molecular weight excluding hydrogens is 490 g/mol. The summed E-state index contributed by atoms with van der Waals surface area (Å²) in [6, 6.07) is 3.87. The van der Waals surface area contributed by atoms with E-state index < -0.39 is 35.6 Å². The second-order valence-corrected chi connectivity index (χ2v) is 8.07. The molecule has 202 valence electrons. The Labute approximate surface area is 213 Å². The number of esters is 1. The van der Waals surface area contributed by atoms with E-state index in [1.54, 1.807) is 18.2 Å².